The number of imidazole rings is 1. The number of aliphatic hydroxyl groups is 1. The molecule has 2 rings (SSSR count). The summed E-state index contributed by atoms with van der Waals surface area (Å²) in [7, 11) is 0. The van der Waals surface area contributed by atoms with E-state index in [2.05, 4.69) is 20.1 Å². The molecule has 0 aliphatic rings. The Labute approximate surface area is 122 Å². The molecule has 1 amide bonds. The SMILES string of the molecule is Cc1cn2c(CCC(=O)NC(C)CCCO)csc2n1. The van der Waals surface area contributed by atoms with Crippen LogP contribution in [0.5, 0.6) is 0 Å². The van der Waals surface area contributed by atoms with Crippen LogP contribution < -0.4 is 5.32 Å². The Kier molecular flexibility index (Phi) is 5.14. The number of aliphatic hydroxyl groups excluding tert-OH is 1. The van der Waals surface area contributed by atoms with Crippen LogP contribution in [-0.4, -0.2) is 33.0 Å². The van der Waals surface area contributed by atoms with Gasteiger partial charge in [-0.2, -0.15) is 0 Å². The third-order valence-corrected chi connectivity index (χ3v) is 4.10. The van der Waals surface area contributed by atoms with Gasteiger partial charge in [0.15, 0.2) is 4.96 Å². The third-order valence-electron chi connectivity index (χ3n) is 3.21. The molecule has 0 saturated heterocycles. The summed E-state index contributed by atoms with van der Waals surface area (Å²) in [6.45, 7) is 4.11. The van der Waals surface area contributed by atoms with Gasteiger partial charge < -0.3 is 10.4 Å². The minimum atomic E-state index is 0.0617. The smallest absolute Gasteiger partial charge is 0.220 e. The van der Waals surface area contributed by atoms with Gasteiger partial charge in [0.1, 0.15) is 0 Å². The molecule has 2 N–H and O–H groups in total. The van der Waals surface area contributed by atoms with E-state index in [4.69, 9.17) is 5.11 Å². The fraction of sp³-hybridized carbons (Fsp3) is 0.571. The highest BCUT2D eigenvalue weighted by Gasteiger charge is 2.10. The predicted molar refractivity (Wildman–Crippen MR) is 80.1 cm³/mol. The monoisotopic (exact) mass is 295 g/mol. The molecule has 1 unspecified atom stereocenters. The Bertz CT molecular complexity index is 576. The minimum absolute atomic E-state index is 0.0617. The van der Waals surface area contributed by atoms with Gasteiger partial charge in [-0.25, -0.2) is 4.98 Å². The highest BCUT2D eigenvalue weighted by atomic mass is 32.1. The predicted octanol–water partition coefficient (Wildman–Crippen LogP) is 1.91. The molecule has 5 nitrogen and oxygen atoms in total. The minimum Gasteiger partial charge on any atom is -0.396 e. The van der Waals surface area contributed by atoms with Crippen LogP contribution in [0.3, 0.4) is 0 Å². The van der Waals surface area contributed by atoms with Crippen molar-refractivity contribution in [3.8, 4) is 0 Å². The fourth-order valence-electron chi connectivity index (χ4n) is 2.18. The van der Waals surface area contributed by atoms with Gasteiger partial charge >= 0.3 is 0 Å². The number of carbonyl (C=O) groups excluding carboxylic acids is 1. The number of rotatable bonds is 7. The summed E-state index contributed by atoms with van der Waals surface area (Å²) in [5, 5.41) is 13.8. The fourth-order valence-corrected chi connectivity index (χ4v) is 3.13. The highest BCUT2D eigenvalue weighted by molar-refractivity contribution is 7.15. The molecular formula is C14H21N3O2S. The van der Waals surface area contributed by atoms with Crippen molar-refractivity contribution in [1.82, 2.24) is 14.7 Å². The summed E-state index contributed by atoms with van der Waals surface area (Å²) in [6.07, 6.45) is 4.73. The molecule has 0 aromatic carbocycles. The van der Waals surface area contributed by atoms with Crippen molar-refractivity contribution in [3.05, 3.63) is 23.0 Å². The van der Waals surface area contributed by atoms with Gasteiger partial charge in [-0.3, -0.25) is 9.20 Å². The van der Waals surface area contributed by atoms with E-state index in [0.29, 0.717) is 12.8 Å². The van der Waals surface area contributed by atoms with Gasteiger partial charge in [0, 0.05) is 36.3 Å². The van der Waals surface area contributed by atoms with Gasteiger partial charge in [0.25, 0.3) is 0 Å². The first-order valence-corrected chi connectivity index (χ1v) is 7.80. The topological polar surface area (TPSA) is 66.6 Å². The lowest BCUT2D eigenvalue weighted by molar-refractivity contribution is -0.121. The zero-order chi connectivity index (χ0) is 14.5. The second-order valence-electron chi connectivity index (χ2n) is 5.10. The first kappa shape index (κ1) is 15.0. The van der Waals surface area contributed by atoms with Crippen molar-refractivity contribution in [2.75, 3.05) is 6.61 Å². The molecular weight excluding hydrogens is 274 g/mol. The molecule has 0 aliphatic heterocycles. The van der Waals surface area contributed by atoms with Crippen molar-refractivity contribution in [3.63, 3.8) is 0 Å². The zero-order valence-corrected chi connectivity index (χ0v) is 12.7. The van der Waals surface area contributed by atoms with Crippen LogP contribution in [0, 0.1) is 6.92 Å². The molecule has 20 heavy (non-hydrogen) atoms. The lowest BCUT2D eigenvalue weighted by Gasteiger charge is -2.12. The molecule has 6 heteroatoms. The Hall–Kier alpha value is -1.40. The summed E-state index contributed by atoms with van der Waals surface area (Å²) in [5.74, 6) is 0.0617. The van der Waals surface area contributed by atoms with Gasteiger partial charge in [-0.1, -0.05) is 0 Å². The quantitative estimate of drug-likeness (QED) is 0.820. The highest BCUT2D eigenvalue weighted by Crippen LogP contribution is 2.17. The summed E-state index contributed by atoms with van der Waals surface area (Å²) < 4.78 is 2.06. The van der Waals surface area contributed by atoms with Crippen molar-refractivity contribution < 1.29 is 9.90 Å². The Balaban J connectivity index is 1.84. The van der Waals surface area contributed by atoms with Crippen molar-refractivity contribution in [2.45, 2.75) is 45.6 Å². The maximum absolute atomic E-state index is 11.9. The zero-order valence-electron chi connectivity index (χ0n) is 11.9. The summed E-state index contributed by atoms with van der Waals surface area (Å²) in [5.41, 5.74) is 2.13. The van der Waals surface area contributed by atoms with E-state index in [1.54, 1.807) is 11.3 Å². The molecule has 0 radical (unpaired) electrons. The maximum Gasteiger partial charge on any atom is 0.220 e. The summed E-state index contributed by atoms with van der Waals surface area (Å²) in [4.78, 5) is 17.2. The Morgan fingerprint density at radius 2 is 2.40 bits per heavy atom. The Morgan fingerprint density at radius 1 is 1.60 bits per heavy atom. The van der Waals surface area contributed by atoms with E-state index in [1.807, 2.05) is 20.0 Å². The van der Waals surface area contributed by atoms with Crippen molar-refractivity contribution in [1.29, 1.82) is 0 Å². The van der Waals surface area contributed by atoms with Crippen LogP contribution in [0.15, 0.2) is 11.6 Å². The normalized spacial score (nSPS) is 12.8. The number of fused-ring (bicyclic) bond motifs is 1. The van der Waals surface area contributed by atoms with E-state index in [0.717, 1.165) is 29.2 Å². The number of hydrogen-bond acceptors (Lipinski definition) is 4. The number of nitrogens with zero attached hydrogens (tertiary/aromatic N) is 2. The molecule has 0 aliphatic carbocycles. The van der Waals surface area contributed by atoms with E-state index < -0.39 is 0 Å². The second kappa shape index (κ2) is 6.85. The largest absolute Gasteiger partial charge is 0.396 e. The number of hydrogen-bond donors (Lipinski definition) is 2. The molecule has 0 spiro atoms. The number of aromatic nitrogens is 2. The average Bonchev–Trinajstić information content (AvgIpc) is 2.93. The number of thiazole rings is 1. The molecule has 0 saturated carbocycles. The molecule has 1 atom stereocenters. The Morgan fingerprint density at radius 3 is 3.15 bits per heavy atom. The number of nitrogens with one attached hydrogen (secondary N) is 1. The molecule has 110 valence electrons. The first-order chi connectivity index (χ1) is 9.60. The van der Waals surface area contributed by atoms with E-state index in [1.165, 1.54) is 0 Å². The summed E-state index contributed by atoms with van der Waals surface area (Å²) in [6, 6.07) is 0.118. The van der Waals surface area contributed by atoms with Gasteiger partial charge in [-0.05, 0) is 33.1 Å². The average molecular weight is 295 g/mol. The van der Waals surface area contributed by atoms with Gasteiger partial charge in [-0.15, -0.1) is 11.3 Å². The van der Waals surface area contributed by atoms with E-state index in [-0.39, 0.29) is 18.6 Å². The second-order valence-corrected chi connectivity index (χ2v) is 5.93. The lowest BCUT2D eigenvalue weighted by Crippen LogP contribution is -2.32. The van der Waals surface area contributed by atoms with E-state index in [9.17, 15) is 4.79 Å². The van der Waals surface area contributed by atoms with Crippen molar-refractivity contribution >= 4 is 22.2 Å². The molecule has 0 bridgehead atoms. The molecule has 2 heterocycles. The van der Waals surface area contributed by atoms with Crippen LogP contribution >= 0.6 is 11.3 Å². The number of aryl methyl sites for hydroxylation is 2. The van der Waals surface area contributed by atoms with Crippen LogP contribution in [0.25, 0.3) is 4.96 Å². The van der Waals surface area contributed by atoms with Crippen LogP contribution in [0.1, 0.15) is 37.6 Å². The maximum atomic E-state index is 11.9. The van der Waals surface area contributed by atoms with Gasteiger partial charge in [0.05, 0.1) is 5.69 Å². The van der Waals surface area contributed by atoms with Gasteiger partial charge in [0.2, 0.25) is 5.91 Å². The number of amides is 1. The molecule has 2 aromatic rings. The van der Waals surface area contributed by atoms with Crippen LogP contribution in [-0.2, 0) is 11.2 Å². The van der Waals surface area contributed by atoms with Crippen LogP contribution in [0.4, 0.5) is 0 Å². The van der Waals surface area contributed by atoms with E-state index >= 15 is 0 Å². The first-order valence-electron chi connectivity index (χ1n) is 6.92. The third kappa shape index (κ3) is 3.80. The van der Waals surface area contributed by atoms with Crippen LogP contribution in [0.2, 0.25) is 0 Å². The molecule has 0 fully saturated rings. The molecule has 2 aromatic heterocycles. The summed E-state index contributed by atoms with van der Waals surface area (Å²) >= 11 is 1.60. The number of carbonyl (C=O) groups is 1. The lowest BCUT2D eigenvalue weighted by atomic mass is 10.1. The standard InChI is InChI=1S/C14H21N3O2S/c1-10(4-3-7-18)15-13(19)6-5-12-9-20-14-16-11(2)8-17(12)14/h8-10,18H,3-7H2,1-2H3,(H,15,19). The van der Waals surface area contributed by atoms with Crippen molar-refractivity contribution in [2.24, 2.45) is 0 Å².